The minimum Gasteiger partial charge on any atom is -0.489 e. The average Bonchev–Trinajstić information content (AvgIpc) is 2.02. The van der Waals surface area contributed by atoms with Crippen molar-refractivity contribution in [2.75, 3.05) is 18.2 Å². The standard InChI is InChI=1S/C8H8Cl3NO/c9-1-2-13-8-6(10)3-5(12)4-7(8)11/h3-4H,1-2,12H2. The molecule has 0 aliphatic carbocycles. The number of anilines is 1. The Morgan fingerprint density at radius 2 is 1.77 bits per heavy atom. The van der Waals surface area contributed by atoms with Crippen LogP contribution >= 0.6 is 34.8 Å². The van der Waals surface area contributed by atoms with Crippen LogP contribution in [0.1, 0.15) is 0 Å². The second-order valence-electron chi connectivity index (χ2n) is 2.35. The number of rotatable bonds is 3. The van der Waals surface area contributed by atoms with Crippen molar-refractivity contribution in [3.63, 3.8) is 0 Å². The molecule has 1 aromatic carbocycles. The van der Waals surface area contributed by atoms with E-state index in [-0.39, 0.29) is 0 Å². The van der Waals surface area contributed by atoms with Crippen molar-refractivity contribution in [3.8, 4) is 5.75 Å². The highest BCUT2D eigenvalue weighted by atomic mass is 35.5. The van der Waals surface area contributed by atoms with Crippen LogP contribution in [0.3, 0.4) is 0 Å². The van der Waals surface area contributed by atoms with Crippen molar-refractivity contribution in [1.82, 2.24) is 0 Å². The maximum atomic E-state index is 5.84. The van der Waals surface area contributed by atoms with Crippen LogP contribution in [-0.2, 0) is 0 Å². The number of ether oxygens (including phenoxy) is 1. The topological polar surface area (TPSA) is 35.2 Å². The van der Waals surface area contributed by atoms with Gasteiger partial charge in [-0.25, -0.2) is 0 Å². The maximum absolute atomic E-state index is 5.84. The van der Waals surface area contributed by atoms with Gasteiger partial charge < -0.3 is 10.5 Å². The van der Waals surface area contributed by atoms with E-state index in [0.717, 1.165) is 0 Å². The quantitative estimate of drug-likeness (QED) is 0.650. The molecule has 1 aromatic rings. The Morgan fingerprint density at radius 1 is 1.23 bits per heavy atom. The molecule has 72 valence electrons. The van der Waals surface area contributed by atoms with Gasteiger partial charge in [-0.05, 0) is 12.1 Å². The van der Waals surface area contributed by atoms with E-state index in [1.54, 1.807) is 12.1 Å². The first kappa shape index (κ1) is 10.8. The summed E-state index contributed by atoms with van der Waals surface area (Å²) in [4.78, 5) is 0. The number of hydrogen-bond donors (Lipinski definition) is 1. The van der Waals surface area contributed by atoms with Gasteiger partial charge in [-0.1, -0.05) is 23.2 Å². The highest BCUT2D eigenvalue weighted by molar-refractivity contribution is 6.37. The van der Waals surface area contributed by atoms with E-state index in [0.29, 0.717) is 34.0 Å². The lowest BCUT2D eigenvalue weighted by Crippen LogP contribution is -1.99. The molecule has 0 bridgehead atoms. The molecule has 0 fully saturated rings. The fourth-order valence-corrected chi connectivity index (χ4v) is 1.55. The predicted molar refractivity (Wildman–Crippen MR) is 57.1 cm³/mol. The molecule has 0 amide bonds. The molecule has 0 atom stereocenters. The van der Waals surface area contributed by atoms with E-state index >= 15 is 0 Å². The summed E-state index contributed by atoms with van der Waals surface area (Å²) >= 11 is 17.1. The first-order valence-corrected chi connectivity index (χ1v) is 4.87. The van der Waals surface area contributed by atoms with Crippen LogP contribution in [0.2, 0.25) is 10.0 Å². The van der Waals surface area contributed by atoms with Crippen molar-refractivity contribution in [2.45, 2.75) is 0 Å². The van der Waals surface area contributed by atoms with E-state index in [2.05, 4.69) is 0 Å². The van der Waals surface area contributed by atoms with Crippen LogP contribution in [0, 0.1) is 0 Å². The van der Waals surface area contributed by atoms with Crippen LogP contribution in [-0.4, -0.2) is 12.5 Å². The van der Waals surface area contributed by atoms with Crippen LogP contribution in [0.15, 0.2) is 12.1 Å². The Morgan fingerprint density at radius 3 is 2.23 bits per heavy atom. The Hall–Kier alpha value is -0.310. The Bertz CT molecular complexity index is 280. The molecule has 0 heterocycles. The van der Waals surface area contributed by atoms with E-state index in [1.165, 1.54) is 0 Å². The number of benzene rings is 1. The van der Waals surface area contributed by atoms with Gasteiger partial charge in [0.15, 0.2) is 5.75 Å². The molecule has 0 aromatic heterocycles. The van der Waals surface area contributed by atoms with E-state index in [4.69, 9.17) is 45.3 Å². The largest absolute Gasteiger partial charge is 0.489 e. The number of alkyl halides is 1. The van der Waals surface area contributed by atoms with Crippen molar-refractivity contribution >= 4 is 40.5 Å². The Labute approximate surface area is 91.5 Å². The van der Waals surface area contributed by atoms with Crippen LogP contribution in [0.25, 0.3) is 0 Å². The monoisotopic (exact) mass is 239 g/mol. The van der Waals surface area contributed by atoms with Crippen molar-refractivity contribution < 1.29 is 4.74 Å². The molecule has 0 unspecified atom stereocenters. The highest BCUT2D eigenvalue weighted by Gasteiger charge is 2.07. The molecule has 0 radical (unpaired) electrons. The molecule has 0 saturated carbocycles. The summed E-state index contributed by atoms with van der Waals surface area (Å²) < 4.78 is 5.22. The molecule has 0 aliphatic rings. The van der Waals surface area contributed by atoms with Gasteiger partial charge in [0.1, 0.15) is 6.61 Å². The lowest BCUT2D eigenvalue weighted by Gasteiger charge is -2.08. The predicted octanol–water partition coefficient (Wildman–Crippen LogP) is 3.19. The minimum atomic E-state index is 0.366. The molecule has 0 spiro atoms. The third-order valence-electron chi connectivity index (χ3n) is 1.34. The number of hydrogen-bond acceptors (Lipinski definition) is 2. The third kappa shape index (κ3) is 2.83. The molecule has 0 saturated heterocycles. The fourth-order valence-electron chi connectivity index (χ4n) is 0.858. The normalized spacial score (nSPS) is 10.1. The van der Waals surface area contributed by atoms with Gasteiger partial charge in [-0.2, -0.15) is 0 Å². The second-order valence-corrected chi connectivity index (χ2v) is 3.54. The zero-order chi connectivity index (χ0) is 9.84. The van der Waals surface area contributed by atoms with Crippen LogP contribution in [0.4, 0.5) is 5.69 Å². The average molecular weight is 241 g/mol. The van der Waals surface area contributed by atoms with Gasteiger partial charge in [0.05, 0.1) is 15.9 Å². The maximum Gasteiger partial charge on any atom is 0.156 e. The van der Waals surface area contributed by atoms with Crippen LogP contribution in [0.5, 0.6) is 5.75 Å². The Balaban J connectivity index is 2.92. The number of nitrogens with two attached hydrogens (primary N) is 1. The Kier molecular flexibility index (Phi) is 3.97. The molecular weight excluding hydrogens is 232 g/mol. The summed E-state index contributed by atoms with van der Waals surface area (Å²) in [5, 5.41) is 0.797. The zero-order valence-corrected chi connectivity index (χ0v) is 8.96. The summed E-state index contributed by atoms with van der Waals surface area (Å²) in [6.07, 6.45) is 0. The second kappa shape index (κ2) is 4.80. The van der Waals surface area contributed by atoms with Gasteiger partial charge in [0, 0.05) is 5.69 Å². The summed E-state index contributed by atoms with van der Waals surface area (Å²) in [7, 11) is 0. The van der Waals surface area contributed by atoms with Gasteiger partial charge in [0.25, 0.3) is 0 Å². The third-order valence-corrected chi connectivity index (χ3v) is 2.06. The van der Waals surface area contributed by atoms with Crippen molar-refractivity contribution in [2.24, 2.45) is 0 Å². The molecule has 2 N–H and O–H groups in total. The zero-order valence-electron chi connectivity index (χ0n) is 6.69. The first-order valence-electron chi connectivity index (χ1n) is 3.58. The number of nitrogen functional groups attached to an aromatic ring is 1. The van der Waals surface area contributed by atoms with Crippen molar-refractivity contribution in [1.29, 1.82) is 0 Å². The molecule has 0 aliphatic heterocycles. The molecule has 13 heavy (non-hydrogen) atoms. The minimum absolute atomic E-state index is 0.366. The number of halogens is 3. The summed E-state index contributed by atoms with van der Waals surface area (Å²) in [6.45, 7) is 0.366. The van der Waals surface area contributed by atoms with E-state index in [1.807, 2.05) is 0 Å². The summed E-state index contributed by atoms with van der Waals surface area (Å²) in [6, 6.07) is 3.16. The van der Waals surface area contributed by atoms with Gasteiger partial charge >= 0.3 is 0 Å². The van der Waals surface area contributed by atoms with Crippen molar-refractivity contribution in [3.05, 3.63) is 22.2 Å². The summed E-state index contributed by atoms with van der Waals surface area (Å²) in [5.41, 5.74) is 6.01. The van der Waals surface area contributed by atoms with Gasteiger partial charge in [-0.3, -0.25) is 0 Å². The molecule has 2 nitrogen and oxygen atoms in total. The fraction of sp³-hybridized carbons (Fsp3) is 0.250. The lowest BCUT2D eigenvalue weighted by atomic mass is 10.3. The lowest BCUT2D eigenvalue weighted by molar-refractivity contribution is 0.343. The summed E-state index contributed by atoms with van der Waals surface area (Å²) in [5.74, 6) is 0.815. The molecular formula is C8H8Cl3NO. The van der Waals surface area contributed by atoms with Gasteiger partial charge in [-0.15, -0.1) is 11.6 Å². The highest BCUT2D eigenvalue weighted by Crippen LogP contribution is 2.34. The van der Waals surface area contributed by atoms with Gasteiger partial charge in [0.2, 0.25) is 0 Å². The van der Waals surface area contributed by atoms with E-state index in [9.17, 15) is 0 Å². The molecule has 1 rings (SSSR count). The first-order chi connectivity index (χ1) is 6.15. The molecule has 5 heteroatoms. The van der Waals surface area contributed by atoms with Crippen LogP contribution < -0.4 is 10.5 Å². The smallest absolute Gasteiger partial charge is 0.156 e. The van der Waals surface area contributed by atoms with E-state index < -0.39 is 0 Å². The SMILES string of the molecule is Nc1cc(Cl)c(OCCCl)c(Cl)c1.